The summed E-state index contributed by atoms with van der Waals surface area (Å²) in [6, 6.07) is 14.9. The number of benzene rings is 1. The number of pyridine rings is 1. The molecule has 0 saturated carbocycles. The number of piperazine rings is 1. The van der Waals surface area contributed by atoms with Crippen molar-refractivity contribution in [1.29, 1.82) is 5.26 Å². The molecule has 0 atom stereocenters. The van der Waals surface area contributed by atoms with Crippen LogP contribution in [0.25, 0.3) is 17.2 Å². The highest BCUT2D eigenvalue weighted by atomic mass is 19.4. The van der Waals surface area contributed by atoms with Gasteiger partial charge in [-0.05, 0) is 30.3 Å². The molecular weight excluding hydrogens is 417 g/mol. The molecule has 162 valence electrons. The molecule has 0 N–H and O–H groups in total. The van der Waals surface area contributed by atoms with E-state index in [0.29, 0.717) is 17.9 Å². The molecule has 1 aromatic carbocycles. The Morgan fingerprint density at radius 3 is 2.38 bits per heavy atom. The Hall–Kier alpha value is -3.80. The molecule has 2 aromatic heterocycles. The molecule has 0 radical (unpaired) electrons. The van der Waals surface area contributed by atoms with Crippen LogP contribution >= 0.6 is 0 Å². The van der Waals surface area contributed by atoms with Gasteiger partial charge in [-0.1, -0.05) is 18.2 Å². The molecule has 6 nitrogen and oxygen atoms in total. The van der Waals surface area contributed by atoms with Gasteiger partial charge < -0.3 is 9.80 Å². The number of aromatic nitrogens is 3. The van der Waals surface area contributed by atoms with Crippen LogP contribution in [0.2, 0.25) is 0 Å². The lowest BCUT2D eigenvalue weighted by atomic mass is 10.0. The second-order valence-electron chi connectivity index (χ2n) is 7.78. The smallest absolute Gasteiger partial charge is 0.370 e. The second-order valence-corrected chi connectivity index (χ2v) is 7.78. The maximum Gasteiger partial charge on any atom is 0.435 e. The molecular formula is C23H19F3N6. The topological polar surface area (TPSA) is 61.0 Å². The summed E-state index contributed by atoms with van der Waals surface area (Å²) < 4.78 is 40.0. The minimum atomic E-state index is -4.42. The van der Waals surface area contributed by atoms with Crippen LogP contribution in [0.5, 0.6) is 0 Å². The van der Waals surface area contributed by atoms with Crippen LogP contribution in [-0.2, 0) is 12.7 Å². The molecule has 0 spiro atoms. The molecule has 1 fully saturated rings. The Labute approximate surface area is 182 Å². The van der Waals surface area contributed by atoms with Crippen molar-refractivity contribution in [3.8, 4) is 17.2 Å². The quantitative estimate of drug-likeness (QED) is 0.621. The summed E-state index contributed by atoms with van der Waals surface area (Å²) in [4.78, 5) is 8.70. The Morgan fingerprint density at radius 1 is 0.969 bits per heavy atom. The molecule has 0 aliphatic carbocycles. The summed E-state index contributed by atoms with van der Waals surface area (Å²) in [5.41, 5.74) is 4.12. The fraction of sp³-hybridized carbons (Fsp3) is 0.261. The highest BCUT2D eigenvalue weighted by Crippen LogP contribution is 2.34. The standard InChI is InChI=1S/C23H19F3N6/c24-23(25,26)22-12-18-11-19(15-32(18)29-22)30-7-9-31(10-8-30)21-4-2-1-3-20(21)16-5-6-17(13-27)28-14-16/h1-6,11-12,14H,7-10,15H2. The zero-order valence-electron chi connectivity index (χ0n) is 17.0. The molecule has 3 aromatic rings. The highest BCUT2D eigenvalue weighted by Gasteiger charge is 2.36. The number of halogens is 3. The first-order valence-electron chi connectivity index (χ1n) is 10.2. The van der Waals surface area contributed by atoms with E-state index in [4.69, 9.17) is 5.26 Å². The normalized spacial score (nSPS) is 16.0. The summed E-state index contributed by atoms with van der Waals surface area (Å²) in [6.45, 7) is 3.47. The number of allylic oxidation sites excluding steroid dienone is 1. The molecule has 0 bridgehead atoms. The SMILES string of the molecule is N#Cc1ccc(-c2ccccc2N2CCN(C3=Cc4cc(C(F)(F)F)nn4C3)CC2)cn1. The number of para-hydroxylation sites is 1. The number of nitrogens with zero attached hydrogens (tertiary/aromatic N) is 6. The first-order valence-corrected chi connectivity index (χ1v) is 10.2. The van der Waals surface area contributed by atoms with E-state index in [-0.39, 0.29) is 0 Å². The van der Waals surface area contributed by atoms with E-state index in [1.807, 2.05) is 30.3 Å². The van der Waals surface area contributed by atoms with E-state index in [9.17, 15) is 13.2 Å². The average molecular weight is 436 g/mol. The van der Waals surface area contributed by atoms with E-state index in [2.05, 4.69) is 25.9 Å². The zero-order valence-corrected chi connectivity index (χ0v) is 17.0. The lowest BCUT2D eigenvalue weighted by molar-refractivity contribution is -0.141. The van der Waals surface area contributed by atoms with Gasteiger partial charge in [-0.3, -0.25) is 4.68 Å². The number of alkyl halides is 3. The van der Waals surface area contributed by atoms with Crippen LogP contribution in [0.15, 0.2) is 54.4 Å². The van der Waals surface area contributed by atoms with Crippen LogP contribution in [0, 0.1) is 11.3 Å². The van der Waals surface area contributed by atoms with Gasteiger partial charge in [-0.15, -0.1) is 0 Å². The first-order chi connectivity index (χ1) is 15.4. The van der Waals surface area contributed by atoms with Crippen molar-refractivity contribution in [2.24, 2.45) is 0 Å². The third kappa shape index (κ3) is 3.68. The third-order valence-electron chi connectivity index (χ3n) is 5.85. The molecule has 0 amide bonds. The van der Waals surface area contributed by atoms with Crippen LogP contribution in [0.1, 0.15) is 17.1 Å². The Bertz CT molecular complexity index is 1210. The monoisotopic (exact) mass is 436 g/mol. The number of rotatable bonds is 3. The maximum atomic E-state index is 12.9. The number of hydrogen-bond donors (Lipinski definition) is 0. The number of anilines is 1. The van der Waals surface area contributed by atoms with Gasteiger partial charge in [0, 0.05) is 54.9 Å². The number of hydrogen-bond acceptors (Lipinski definition) is 5. The fourth-order valence-electron chi connectivity index (χ4n) is 4.22. The van der Waals surface area contributed by atoms with Crippen molar-refractivity contribution in [2.75, 3.05) is 31.1 Å². The van der Waals surface area contributed by atoms with Crippen LogP contribution in [0.3, 0.4) is 0 Å². The van der Waals surface area contributed by atoms with E-state index in [1.54, 1.807) is 18.3 Å². The average Bonchev–Trinajstić information content (AvgIpc) is 3.39. The highest BCUT2D eigenvalue weighted by molar-refractivity contribution is 5.78. The van der Waals surface area contributed by atoms with Crippen LogP contribution in [0.4, 0.5) is 18.9 Å². The molecule has 1 saturated heterocycles. The van der Waals surface area contributed by atoms with E-state index >= 15 is 0 Å². The summed E-state index contributed by atoms with van der Waals surface area (Å²) in [7, 11) is 0. The van der Waals surface area contributed by atoms with Crippen molar-refractivity contribution in [2.45, 2.75) is 12.7 Å². The summed E-state index contributed by atoms with van der Waals surface area (Å²) in [6.07, 6.45) is -0.906. The van der Waals surface area contributed by atoms with Crippen molar-refractivity contribution >= 4 is 11.8 Å². The summed E-state index contributed by atoms with van der Waals surface area (Å²) in [5.74, 6) is 0. The van der Waals surface area contributed by atoms with Gasteiger partial charge in [0.1, 0.15) is 11.8 Å². The Balaban J connectivity index is 1.29. The molecule has 9 heteroatoms. The number of nitriles is 1. The van der Waals surface area contributed by atoms with Gasteiger partial charge in [0.25, 0.3) is 0 Å². The van der Waals surface area contributed by atoms with Gasteiger partial charge in [-0.2, -0.15) is 23.5 Å². The van der Waals surface area contributed by atoms with E-state index in [0.717, 1.165) is 54.8 Å². The minimum absolute atomic E-state index is 0.360. The summed E-state index contributed by atoms with van der Waals surface area (Å²) in [5, 5.41) is 12.7. The van der Waals surface area contributed by atoms with E-state index in [1.165, 1.54) is 4.68 Å². The first kappa shape index (κ1) is 20.1. The molecule has 4 heterocycles. The van der Waals surface area contributed by atoms with Crippen molar-refractivity contribution in [3.63, 3.8) is 0 Å². The second kappa shape index (κ2) is 7.71. The third-order valence-corrected chi connectivity index (χ3v) is 5.85. The molecule has 2 aliphatic rings. The van der Waals surface area contributed by atoms with Crippen molar-refractivity contribution in [3.05, 3.63) is 71.4 Å². The molecule has 32 heavy (non-hydrogen) atoms. The van der Waals surface area contributed by atoms with Crippen molar-refractivity contribution in [1.82, 2.24) is 19.7 Å². The van der Waals surface area contributed by atoms with Gasteiger partial charge in [-0.25, -0.2) is 4.98 Å². The fourth-order valence-corrected chi connectivity index (χ4v) is 4.22. The van der Waals surface area contributed by atoms with E-state index < -0.39 is 11.9 Å². The summed E-state index contributed by atoms with van der Waals surface area (Å²) >= 11 is 0. The maximum absolute atomic E-state index is 12.9. The van der Waals surface area contributed by atoms with Crippen molar-refractivity contribution < 1.29 is 13.2 Å². The predicted octanol–water partition coefficient (Wildman–Crippen LogP) is 4.01. The van der Waals surface area contributed by atoms with Gasteiger partial charge in [0.15, 0.2) is 5.69 Å². The number of fused-ring (bicyclic) bond motifs is 1. The molecule has 2 aliphatic heterocycles. The van der Waals surface area contributed by atoms with Crippen LogP contribution in [-0.4, -0.2) is 45.8 Å². The predicted molar refractivity (Wildman–Crippen MR) is 113 cm³/mol. The van der Waals surface area contributed by atoms with Crippen LogP contribution < -0.4 is 4.90 Å². The lowest BCUT2D eigenvalue weighted by Crippen LogP contribution is -2.46. The molecule has 0 unspecified atom stereocenters. The van der Waals surface area contributed by atoms with Gasteiger partial charge in [0.2, 0.25) is 0 Å². The lowest BCUT2D eigenvalue weighted by Gasteiger charge is -2.38. The minimum Gasteiger partial charge on any atom is -0.370 e. The van der Waals surface area contributed by atoms with Gasteiger partial charge >= 0.3 is 6.18 Å². The largest absolute Gasteiger partial charge is 0.435 e. The van der Waals surface area contributed by atoms with Gasteiger partial charge in [0.05, 0.1) is 12.2 Å². The Morgan fingerprint density at radius 2 is 1.72 bits per heavy atom. The molecule has 5 rings (SSSR count). The zero-order chi connectivity index (χ0) is 22.3. The Kier molecular flexibility index (Phi) is 4.85.